The minimum Gasteiger partial charge on any atom is -0.472 e. The molecule has 24 heavy (non-hydrogen) atoms. The van der Waals surface area contributed by atoms with Gasteiger partial charge in [0.05, 0.1) is 13.0 Å². The number of aromatic nitrogens is 1. The lowest BCUT2D eigenvalue weighted by atomic mass is 10.1. The Hall–Kier alpha value is -2.76. The molecule has 124 valence electrons. The van der Waals surface area contributed by atoms with Gasteiger partial charge in [0.1, 0.15) is 6.10 Å². The van der Waals surface area contributed by atoms with E-state index >= 15 is 0 Å². The molecular formula is C18H18N2O4. The highest BCUT2D eigenvalue weighted by atomic mass is 16.7. The molecule has 2 aliphatic rings. The van der Waals surface area contributed by atoms with E-state index in [0.717, 1.165) is 17.7 Å². The second-order valence-electron chi connectivity index (χ2n) is 5.90. The van der Waals surface area contributed by atoms with Gasteiger partial charge in [-0.25, -0.2) is 4.98 Å². The number of ether oxygens (including phenoxy) is 3. The number of fused-ring (bicyclic) bond motifs is 1. The SMILES string of the molecule is O=C(Cc1ccc2c(c1)OCO2)N1CC[C@H](Oc2ccccn2)C1. The summed E-state index contributed by atoms with van der Waals surface area (Å²) in [6.07, 6.45) is 2.88. The van der Waals surface area contributed by atoms with Crippen molar-refractivity contribution in [3.63, 3.8) is 0 Å². The second kappa shape index (κ2) is 6.39. The average molecular weight is 326 g/mol. The summed E-state index contributed by atoms with van der Waals surface area (Å²) in [6.45, 7) is 1.55. The summed E-state index contributed by atoms with van der Waals surface area (Å²) in [5.74, 6) is 2.14. The third kappa shape index (κ3) is 3.13. The minimum absolute atomic E-state index is 0.000559. The van der Waals surface area contributed by atoms with Gasteiger partial charge >= 0.3 is 0 Å². The number of hydrogen-bond acceptors (Lipinski definition) is 5. The monoisotopic (exact) mass is 326 g/mol. The summed E-state index contributed by atoms with van der Waals surface area (Å²) >= 11 is 0. The Morgan fingerprint density at radius 2 is 2.17 bits per heavy atom. The highest BCUT2D eigenvalue weighted by Crippen LogP contribution is 2.32. The highest BCUT2D eigenvalue weighted by Gasteiger charge is 2.28. The molecule has 1 amide bonds. The van der Waals surface area contributed by atoms with E-state index in [4.69, 9.17) is 14.2 Å². The Morgan fingerprint density at radius 3 is 3.04 bits per heavy atom. The zero-order chi connectivity index (χ0) is 16.4. The van der Waals surface area contributed by atoms with Crippen molar-refractivity contribution in [1.82, 2.24) is 9.88 Å². The number of nitrogens with zero attached hydrogens (tertiary/aromatic N) is 2. The van der Waals surface area contributed by atoms with Crippen LogP contribution < -0.4 is 14.2 Å². The van der Waals surface area contributed by atoms with Gasteiger partial charge in [0, 0.05) is 25.2 Å². The standard InChI is InChI=1S/C18H18N2O4/c21-18(10-13-4-5-15-16(9-13)23-12-22-15)20-8-6-14(11-20)24-17-3-1-2-7-19-17/h1-5,7,9,14H,6,8,10-12H2/t14-/m0/s1. The molecule has 1 atom stereocenters. The summed E-state index contributed by atoms with van der Waals surface area (Å²) in [5.41, 5.74) is 0.929. The number of likely N-dealkylation sites (tertiary alicyclic amines) is 1. The van der Waals surface area contributed by atoms with Gasteiger partial charge < -0.3 is 19.1 Å². The summed E-state index contributed by atoms with van der Waals surface area (Å²) in [6, 6.07) is 11.2. The van der Waals surface area contributed by atoms with Gasteiger partial charge in [0.25, 0.3) is 0 Å². The summed E-state index contributed by atoms with van der Waals surface area (Å²) in [5, 5.41) is 0. The van der Waals surface area contributed by atoms with Crippen molar-refractivity contribution in [3.05, 3.63) is 48.2 Å². The van der Waals surface area contributed by atoms with Crippen molar-refractivity contribution in [2.45, 2.75) is 18.9 Å². The first-order valence-corrected chi connectivity index (χ1v) is 8.02. The first-order valence-electron chi connectivity index (χ1n) is 8.02. The minimum atomic E-state index is 0.000559. The van der Waals surface area contributed by atoms with Gasteiger partial charge in [0.15, 0.2) is 11.5 Å². The van der Waals surface area contributed by atoms with Crippen molar-refractivity contribution < 1.29 is 19.0 Å². The normalized spacial score (nSPS) is 18.7. The molecule has 0 saturated carbocycles. The molecular weight excluding hydrogens is 308 g/mol. The van der Waals surface area contributed by atoms with E-state index < -0.39 is 0 Å². The molecule has 0 N–H and O–H groups in total. The molecule has 0 aliphatic carbocycles. The van der Waals surface area contributed by atoms with Crippen LogP contribution in [-0.2, 0) is 11.2 Å². The van der Waals surface area contributed by atoms with Crippen LogP contribution in [0.2, 0.25) is 0 Å². The molecule has 6 heteroatoms. The fourth-order valence-electron chi connectivity index (χ4n) is 2.98. The van der Waals surface area contributed by atoms with Crippen LogP contribution in [0.25, 0.3) is 0 Å². The molecule has 0 spiro atoms. The molecule has 1 saturated heterocycles. The van der Waals surface area contributed by atoms with Gasteiger partial charge in [-0.05, 0) is 23.8 Å². The fourth-order valence-corrected chi connectivity index (χ4v) is 2.98. The van der Waals surface area contributed by atoms with E-state index in [-0.39, 0.29) is 18.8 Å². The molecule has 2 aromatic rings. The van der Waals surface area contributed by atoms with Crippen LogP contribution >= 0.6 is 0 Å². The number of hydrogen-bond donors (Lipinski definition) is 0. The average Bonchev–Trinajstić information content (AvgIpc) is 3.24. The molecule has 1 fully saturated rings. The Kier molecular flexibility index (Phi) is 3.94. The van der Waals surface area contributed by atoms with Crippen LogP contribution in [0.5, 0.6) is 17.4 Å². The molecule has 0 unspecified atom stereocenters. The Bertz CT molecular complexity index is 735. The van der Waals surface area contributed by atoms with Crippen molar-refractivity contribution in [1.29, 1.82) is 0 Å². The smallest absolute Gasteiger partial charge is 0.231 e. The van der Waals surface area contributed by atoms with Gasteiger partial charge in [-0.3, -0.25) is 4.79 Å². The summed E-state index contributed by atoms with van der Waals surface area (Å²) in [4.78, 5) is 18.5. The van der Waals surface area contributed by atoms with Crippen LogP contribution in [0.3, 0.4) is 0 Å². The summed E-state index contributed by atoms with van der Waals surface area (Å²) in [7, 11) is 0. The van der Waals surface area contributed by atoms with Crippen molar-refractivity contribution in [2.75, 3.05) is 19.9 Å². The lowest BCUT2D eigenvalue weighted by molar-refractivity contribution is -0.129. The maximum Gasteiger partial charge on any atom is 0.231 e. The van der Waals surface area contributed by atoms with Crippen LogP contribution in [0.1, 0.15) is 12.0 Å². The van der Waals surface area contributed by atoms with Crippen molar-refractivity contribution in [2.24, 2.45) is 0 Å². The van der Waals surface area contributed by atoms with E-state index in [9.17, 15) is 4.79 Å². The number of pyridine rings is 1. The first kappa shape index (κ1) is 14.8. The van der Waals surface area contributed by atoms with E-state index in [0.29, 0.717) is 31.1 Å². The maximum absolute atomic E-state index is 12.5. The van der Waals surface area contributed by atoms with E-state index in [1.165, 1.54) is 0 Å². The van der Waals surface area contributed by atoms with Gasteiger partial charge in [-0.15, -0.1) is 0 Å². The second-order valence-corrected chi connectivity index (χ2v) is 5.90. The van der Waals surface area contributed by atoms with Gasteiger partial charge in [0.2, 0.25) is 18.6 Å². The third-order valence-electron chi connectivity index (χ3n) is 4.22. The maximum atomic E-state index is 12.5. The third-order valence-corrected chi connectivity index (χ3v) is 4.22. The molecule has 1 aromatic carbocycles. The number of benzene rings is 1. The van der Waals surface area contributed by atoms with Crippen LogP contribution in [-0.4, -0.2) is 41.8 Å². The van der Waals surface area contributed by atoms with Crippen molar-refractivity contribution in [3.8, 4) is 17.4 Å². The molecule has 2 aliphatic heterocycles. The predicted molar refractivity (Wildman–Crippen MR) is 86.1 cm³/mol. The number of carbonyl (C=O) groups excluding carboxylic acids is 1. The van der Waals surface area contributed by atoms with Crippen molar-refractivity contribution >= 4 is 5.91 Å². The molecule has 1 aromatic heterocycles. The molecule has 0 bridgehead atoms. The lowest BCUT2D eigenvalue weighted by Gasteiger charge is -2.17. The molecule has 6 nitrogen and oxygen atoms in total. The topological polar surface area (TPSA) is 60.9 Å². The van der Waals surface area contributed by atoms with Crippen LogP contribution in [0.4, 0.5) is 0 Å². The van der Waals surface area contributed by atoms with E-state index in [2.05, 4.69) is 4.98 Å². The predicted octanol–water partition coefficient (Wildman–Crippen LogP) is 2.03. The molecule has 3 heterocycles. The lowest BCUT2D eigenvalue weighted by Crippen LogP contribution is -2.32. The number of amides is 1. The zero-order valence-corrected chi connectivity index (χ0v) is 13.2. The Morgan fingerprint density at radius 1 is 1.25 bits per heavy atom. The number of carbonyl (C=O) groups is 1. The van der Waals surface area contributed by atoms with Crippen LogP contribution in [0.15, 0.2) is 42.6 Å². The van der Waals surface area contributed by atoms with E-state index in [1.54, 1.807) is 6.20 Å². The molecule has 4 rings (SSSR count). The largest absolute Gasteiger partial charge is 0.472 e. The fraction of sp³-hybridized carbons (Fsp3) is 0.333. The Balaban J connectivity index is 1.34. The van der Waals surface area contributed by atoms with Gasteiger partial charge in [-0.1, -0.05) is 12.1 Å². The first-order chi connectivity index (χ1) is 11.8. The van der Waals surface area contributed by atoms with E-state index in [1.807, 2.05) is 41.3 Å². The molecule has 0 radical (unpaired) electrons. The van der Waals surface area contributed by atoms with Crippen LogP contribution in [0, 0.1) is 0 Å². The number of rotatable bonds is 4. The highest BCUT2D eigenvalue weighted by molar-refractivity contribution is 5.79. The zero-order valence-electron chi connectivity index (χ0n) is 13.2. The Labute approximate surface area is 140 Å². The quantitative estimate of drug-likeness (QED) is 0.860. The van der Waals surface area contributed by atoms with Gasteiger partial charge in [-0.2, -0.15) is 0 Å². The summed E-state index contributed by atoms with van der Waals surface area (Å²) < 4.78 is 16.5.